The lowest BCUT2D eigenvalue weighted by atomic mass is 10.1. The van der Waals surface area contributed by atoms with Crippen LogP contribution in [-0.4, -0.2) is 37.2 Å². The Morgan fingerprint density at radius 2 is 0.662 bits per heavy atom. The minimum Gasteiger partial charge on any atom is -0.462 e. The van der Waals surface area contributed by atoms with Crippen molar-refractivity contribution < 1.29 is 28.6 Å². The number of hydrogen-bond donors (Lipinski definition) is 0. The lowest BCUT2D eigenvalue weighted by Crippen LogP contribution is -2.30. The van der Waals surface area contributed by atoms with Gasteiger partial charge < -0.3 is 14.2 Å². The highest BCUT2D eigenvalue weighted by atomic mass is 16.6. The van der Waals surface area contributed by atoms with E-state index in [4.69, 9.17) is 14.2 Å². The highest BCUT2D eigenvalue weighted by molar-refractivity contribution is 5.71. The quantitative estimate of drug-likeness (QED) is 0.0199. The van der Waals surface area contributed by atoms with Gasteiger partial charge in [-0.1, -0.05) is 238 Å². The van der Waals surface area contributed by atoms with Gasteiger partial charge in [-0.3, -0.25) is 14.4 Å². The average molecular weight is 939 g/mol. The highest BCUT2D eigenvalue weighted by Crippen LogP contribution is 2.13. The molecule has 1 atom stereocenters. The molecule has 382 valence electrons. The Morgan fingerprint density at radius 3 is 1.15 bits per heavy atom. The number of carbonyl (C=O) groups is 3. The number of ether oxygens (including phenoxy) is 3. The summed E-state index contributed by atoms with van der Waals surface area (Å²) in [5.74, 6) is -1.03. The van der Waals surface area contributed by atoms with Crippen molar-refractivity contribution in [3.05, 3.63) is 134 Å². The molecule has 0 aliphatic carbocycles. The second kappa shape index (κ2) is 55.1. The van der Waals surface area contributed by atoms with Gasteiger partial charge in [-0.25, -0.2) is 0 Å². The third-order valence-corrected chi connectivity index (χ3v) is 11.0. The van der Waals surface area contributed by atoms with E-state index in [0.717, 1.165) is 109 Å². The molecule has 0 aromatic rings. The van der Waals surface area contributed by atoms with E-state index < -0.39 is 6.10 Å². The van der Waals surface area contributed by atoms with Gasteiger partial charge >= 0.3 is 17.9 Å². The third-order valence-electron chi connectivity index (χ3n) is 11.0. The van der Waals surface area contributed by atoms with E-state index in [1.807, 2.05) is 54.7 Å². The normalized spacial score (nSPS) is 13.2. The van der Waals surface area contributed by atoms with Crippen molar-refractivity contribution in [2.45, 2.75) is 226 Å². The standard InChI is InChI=1S/C62H98O6/c1-4-7-10-13-16-19-22-25-27-29-31-33-34-37-40-43-46-49-52-55-61(64)67-58-59(57-66-60(63)54-51-48-45-42-39-36-24-21-18-15-12-9-6-3)68-62(65)56-53-50-47-44-41-38-35-32-30-28-26-23-20-17-14-11-8-5-2/h7,9-10,12,15-16,18-19,21,24-25,27-28,30-33,35-36,39,42,45,59H,4-6,8,11,13-14,17,20,22-23,26,29,34,37-38,40-41,43-44,46-58H2,1-3H3/b10-7-,12-9-,18-15-,19-16-,24-21-,27-25-,30-28-,33-31-,35-32-,39-36-,45-42-. The number of unbranched alkanes of at least 4 members (excludes halogenated alkanes) is 19. The lowest BCUT2D eigenvalue weighted by Gasteiger charge is -2.18. The molecule has 1 unspecified atom stereocenters. The van der Waals surface area contributed by atoms with Crippen LogP contribution in [0.25, 0.3) is 0 Å². The molecule has 0 fully saturated rings. The number of hydrogen-bond acceptors (Lipinski definition) is 6. The minimum absolute atomic E-state index is 0.119. The summed E-state index contributed by atoms with van der Waals surface area (Å²) in [7, 11) is 0. The van der Waals surface area contributed by atoms with Crippen LogP contribution in [0.1, 0.15) is 220 Å². The van der Waals surface area contributed by atoms with Crippen LogP contribution in [0.2, 0.25) is 0 Å². The van der Waals surface area contributed by atoms with E-state index in [2.05, 4.69) is 99.8 Å². The van der Waals surface area contributed by atoms with E-state index in [-0.39, 0.29) is 44.0 Å². The van der Waals surface area contributed by atoms with Gasteiger partial charge in [0.05, 0.1) is 0 Å². The van der Waals surface area contributed by atoms with E-state index in [1.54, 1.807) is 0 Å². The Hall–Kier alpha value is -4.45. The summed E-state index contributed by atoms with van der Waals surface area (Å²) < 4.78 is 16.7. The van der Waals surface area contributed by atoms with Gasteiger partial charge in [0.2, 0.25) is 0 Å². The molecule has 0 aliphatic rings. The van der Waals surface area contributed by atoms with Gasteiger partial charge in [-0.15, -0.1) is 0 Å². The number of allylic oxidation sites excluding steroid dienone is 22. The molecule has 0 aromatic heterocycles. The maximum atomic E-state index is 12.8. The van der Waals surface area contributed by atoms with Crippen molar-refractivity contribution in [3.8, 4) is 0 Å². The summed E-state index contributed by atoms with van der Waals surface area (Å²) in [5, 5.41) is 0. The first-order valence-corrected chi connectivity index (χ1v) is 27.3. The molecule has 0 amide bonds. The Bertz CT molecular complexity index is 1500. The molecule has 0 saturated heterocycles. The van der Waals surface area contributed by atoms with Crippen molar-refractivity contribution in [1.29, 1.82) is 0 Å². The summed E-state index contributed by atoms with van der Waals surface area (Å²) in [4.78, 5) is 38.1. The summed E-state index contributed by atoms with van der Waals surface area (Å²) in [5.41, 5.74) is 0. The van der Waals surface area contributed by atoms with Crippen LogP contribution in [0.4, 0.5) is 0 Å². The number of esters is 3. The molecule has 0 heterocycles. The summed E-state index contributed by atoms with van der Waals surface area (Å²) in [6.45, 7) is 6.27. The predicted octanol–water partition coefficient (Wildman–Crippen LogP) is 18.3. The topological polar surface area (TPSA) is 78.9 Å². The molecule has 6 nitrogen and oxygen atoms in total. The zero-order chi connectivity index (χ0) is 49.3. The van der Waals surface area contributed by atoms with Gasteiger partial charge in [-0.05, 0) is 96.3 Å². The minimum atomic E-state index is -0.826. The van der Waals surface area contributed by atoms with Crippen LogP contribution < -0.4 is 0 Å². The second-order valence-corrected chi connectivity index (χ2v) is 17.5. The maximum absolute atomic E-state index is 12.8. The molecule has 0 bridgehead atoms. The molecular weight excluding hydrogens is 841 g/mol. The Kier molecular flexibility index (Phi) is 51.5. The average Bonchev–Trinajstić information content (AvgIpc) is 3.34. The van der Waals surface area contributed by atoms with Gasteiger partial charge in [0.15, 0.2) is 6.10 Å². The number of carbonyl (C=O) groups excluding carboxylic acids is 3. The first-order chi connectivity index (χ1) is 33.5. The molecule has 0 aromatic carbocycles. The van der Waals surface area contributed by atoms with Crippen LogP contribution in [0, 0.1) is 0 Å². The van der Waals surface area contributed by atoms with Gasteiger partial charge in [0.1, 0.15) is 13.2 Å². The predicted molar refractivity (Wildman–Crippen MR) is 292 cm³/mol. The summed E-state index contributed by atoms with van der Waals surface area (Å²) >= 11 is 0. The van der Waals surface area contributed by atoms with Gasteiger partial charge in [0, 0.05) is 19.3 Å². The molecule has 0 N–H and O–H groups in total. The SMILES string of the molecule is CC\C=C/C=C\C=C/C=C\C=C/CCCC(=O)OCC(COC(=O)CCCCCCCC/C=C\C/C=C\C/C=C\C/C=C\CC)OC(=O)CCCCCCC/C=C\C=C/CCCCCCCCC. The highest BCUT2D eigenvalue weighted by Gasteiger charge is 2.19. The largest absolute Gasteiger partial charge is 0.462 e. The molecule has 0 rings (SSSR count). The van der Waals surface area contributed by atoms with Crippen molar-refractivity contribution in [3.63, 3.8) is 0 Å². The monoisotopic (exact) mass is 939 g/mol. The molecule has 6 heteroatoms. The van der Waals surface area contributed by atoms with Crippen LogP contribution in [0.5, 0.6) is 0 Å². The van der Waals surface area contributed by atoms with Crippen LogP contribution in [0.3, 0.4) is 0 Å². The van der Waals surface area contributed by atoms with Gasteiger partial charge in [0.25, 0.3) is 0 Å². The third kappa shape index (κ3) is 52.5. The first-order valence-electron chi connectivity index (χ1n) is 27.3. The second-order valence-electron chi connectivity index (χ2n) is 17.5. The Labute approximate surface area is 417 Å². The lowest BCUT2D eigenvalue weighted by molar-refractivity contribution is -0.167. The fourth-order valence-corrected chi connectivity index (χ4v) is 6.98. The smallest absolute Gasteiger partial charge is 0.306 e. The Balaban J connectivity index is 4.53. The van der Waals surface area contributed by atoms with E-state index in [9.17, 15) is 14.4 Å². The number of rotatable bonds is 47. The van der Waals surface area contributed by atoms with E-state index in [0.29, 0.717) is 12.8 Å². The van der Waals surface area contributed by atoms with Gasteiger partial charge in [-0.2, -0.15) is 0 Å². The maximum Gasteiger partial charge on any atom is 0.306 e. The van der Waals surface area contributed by atoms with Crippen LogP contribution in [-0.2, 0) is 28.6 Å². The van der Waals surface area contributed by atoms with Crippen molar-refractivity contribution >= 4 is 17.9 Å². The van der Waals surface area contributed by atoms with Crippen LogP contribution in [0.15, 0.2) is 134 Å². The zero-order valence-corrected chi connectivity index (χ0v) is 43.6. The van der Waals surface area contributed by atoms with Crippen molar-refractivity contribution in [2.24, 2.45) is 0 Å². The zero-order valence-electron chi connectivity index (χ0n) is 43.6. The van der Waals surface area contributed by atoms with Crippen molar-refractivity contribution in [2.75, 3.05) is 13.2 Å². The summed E-state index contributed by atoms with van der Waals surface area (Å²) in [6.07, 6.45) is 77.3. The fourth-order valence-electron chi connectivity index (χ4n) is 6.98. The molecule has 0 spiro atoms. The van der Waals surface area contributed by atoms with Crippen molar-refractivity contribution in [1.82, 2.24) is 0 Å². The summed E-state index contributed by atoms with van der Waals surface area (Å²) in [6, 6.07) is 0. The molecule has 0 saturated carbocycles. The Morgan fingerprint density at radius 1 is 0.324 bits per heavy atom. The molecule has 0 radical (unpaired) electrons. The fraction of sp³-hybridized carbons (Fsp3) is 0.597. The van der Waals surface area contributed by atoms with Crippen LogP contribution >= 0.6 is 0 Å². The molecular formula is C62H98O6. The molecule has 0 aliphatic heterocycles. The first kappa shape index (κ1) is 63.5. The van der Waals surface area contributed by atoms with E-state index >= 15 is 0 Å². The molecule has 68 heavy (non-hydrogen) atoms. The van der Waals surface area contributed by atoms with E-state index in [1.165, 1.54) is 64.2 Å².